The average molecular weight is 406 g/mol. The average Bonchev–Trinajstić information content (AvgIpc) is 3.22. The Labute approximate surface area is 174 Å². The Hall–Kier alpha value is -2.80. The molecule has 2 aliphatic rings. The van der Waals surface area contributed by atoms with Gasteiger partial charge in [-0.3, -0.25) is 4.79 Å². The number of carbonyl (C=O) groups is 1. The van der Waals surface area contributed by atoms with Crippen LogP contribution in [0.3, 0.4) is 0 Å². The second-order valence-electron chi connectivity index (χ2n) is 7.45. The van der Waals surface area contributed by atoms with Crippen molar-refractivity contribution < 1.29 is 4.79 Å². The molecule has 1 N–H and O–H groups in total. The molecule has 6 nitrogen and oxygen atoms in total. The molecule has 0 aliphatic carbocycles. The van der Waals surface area contributed by atoms with Crippen molar-refractivity contribution >= 4 is 17.7 Å². The molecule has 0 saturated carbocycles. The third-order valence-corrected chi connectivity index (χ3v) is 6.74. The molecule has 1 aromatic heterocycles. The van der Waals surface area contributed by atoms with Gasteiger partial charge >= 0.3 is 0 Å². The van der Waals surface area contributed by atoms with Gasteiger partial charge in [0.15, 0.2) is 5.82 Å². The molecule has 0 radical (unpaired) electrons. The van der Waals surface area contributed by atoms with Gasteiger partial charge in [0, 0.05) is 18.7 Å². The third-order valence-electron chi connectivity index (χ3n) is 5.54. The standard InChI is InChI=1S/C22H23N5OS/c28-21(26-14-8-3-9-15-26)19-18(16-10-4-1-5-11-16)25-27-20(23-24-22(27)29-19)17-12-6-2-7-13-17/h1-2,4-7,10-13,18-19,25H,3,8-9,14-15H2/t18-,19-/m0/s1. The maximum Gasteiger partial charge on any atom is 0.238 e. The zero-order chi connectivity index (χ0) is 19.6. The first kappa shape index (κ1) is 18.2. The van der Waals surface area contributed by atoms with E-state index in [-0.39, 0.29) is 17.2 Å². The molecule has 148 valence electrons. The molecule has 0 unspecified atom stereocenters. The van der Waals surface area contributed by atoms with E-state index in [2.05, 4.69) is 27.8 Å². The van der Waals surface area contributed by atoms with Crippen molar-refractivity contribution in [3.05, 3.63) is 66.2 Å². The topological polar surface area (TPSA) is 63.1 Å². The lowest BCUT2D eigenvalue weighted by Gasteiger charge is -2.37. The number of hydrogen-bond acceptors (Lipinski definition) is 5. The molecule has 5 rings (SSSR count). The molecule has 7 heteroatoms. The smallest absolute Gasteiger partial charge is 0.238 e. The van der Waals surface area contributed by atoms with Crippen LogP contribution in [0.5, 0.6) is 0 Å². The van der Waals surface area contributed by atoms with Crippen molar-refractivity contribution in [3.8, 4) is 11.4 Å². The highest BCUT2D eigenvalue weighted by molar-refractivity contribution is 8.00. The van der Waals surface area contributed by atoms with Crippen molar-refractivity contribution in [1.82, 2.24) is 19.8 Å². The van der Waals surface area contributed by atoms with Gasteiger partial charge in [0.05, 0.1) is 6.04 Å². The number of carbonyl (C=O) groups excluding carboxylic acids is 1. The lowest BCUT2D eigenvalue weighted by atomic mass is 10.0. The van der Waals surface area contributed by atoms with Crippen LogP contribution in [-0.2, 0) is 4.79 Å². The van der Waals surface area contributed by atoms with Crippen LogP contribution < -0.4 is 5.43 Å². The number of amides is 1. The Morgan fingerprint density at radius 3 is 2.34 bits per heavy atom. The van der Waals surface area contributed by atoms with E-state index >= 15 is 0 Å². The molecule has 0 spiro atoms. The van der Waals surface area contributed by atoms with Gasteiger partial charge in [-0.25, -0.2) is 4.68 Å². The Bertz CT molecular complexity index is 985. The van der Waals surface area contributed by atoms with Gasteiger partial charge in [0.1, 0.15) is 5.25 Å². The van der Waals surface area contributed by atoms with Crippen LogP contribution in [0.15, 0.2) is 65.8 Å². The van der Waals surface area contributed by atoms with Gasteiger partial charge < -0.3 is 10.3 Å². The monoisotopic (exact) mass is 405 g/mol. The quantitative estimate of drug-likeness (QED) is 0.720. The summed E-state index contributed by atoms with van der Waals surface area (Å²) in [6, 6.07) is 20.0. The van der Waals surface area contributed by atoms with E-state index in [0.29, 0.717) is 0 Å². The summed E-state index contributed by atoms with van der Waals surface area (Å²) in [6.07, 6.45) is 3.37. The molecule has 1 saturated heterocycles. The van der Waals surface area contributed by atoms with Crippen molar-refractivity contribution in [1.29, 1.82) is 0 Å². The second-order valence-corrected chi connectivity index (χ2v) is 8.56. The summed E-state index contributed by atoms with van der Waals surface area (Å²) in [5.74, 6) is 0.949. The number of nitrogens with one attached hydrogen (secondary N) is 1. The normalized spacial score (nSPS) is 21.3. The summed E-state index contributed by atoms with van der Waals surface area (Å²) < 4.78 is 1.93. The summed E-state index contributed by atoms with van der Waals surface area (Å²) >= 11 is 1.51. The molecule has 1 amide bonds. The van der Waals surface area contributed by atoms with E-state index in [0.717, 1.165) is 48.0 Å². The summed E-state index contributed by atoms with van der Waals surface area (Å²) in [7, 11) is 0. The van der Waals surface area contributed by atoms with Crippen LogP contribution in [0.25, 0.3) is 11.4 Å². The van der Waals surface area contributed by atoms with Gasteiger partial charge in [0.25, 0.3) is 0 Å². The van der Waals surface area contributed by atoms with Crippen molar-refractivity contribution in [2.75, 3.05) is 18.5 Å². The predicted octanol–water partition coefficient (Wildman–Crippen LogP) is 3.72. The molecule has 2 aliphatic heterocycles. The van der Waals surface area contributed by atoms with Crippen LogP contribution >= 0.6 is 11.8 Å². The fourth-order valence-corrected chi connectivity index (χ4v) is 5.19. The molecule has 3 aromatic rings. The number of rotatable bonds is 3. The molecular formula is C22H23N5OS. The Kier molecular flexibility index (Phi) is 4.97. The zero-order valence-corrected chi connectivity index (χ0v) is 16.9. The molecule has 0 bridgehead atoms. The SMILES string of the molecule is O=C([C@H]1Sc2nnc(-c3ccccc3)n2N[C@H]1c1ccccc1)N1CCCCC1. The van der Waals surface area contributed by atoms with Gasteiger partial charge in [0.2, 0.25) is 11.1 Å². The van der Waals surface area contributed by atoms with Crippen LogP contribution in [0.4, 0.5) is 0 Å². The van der Waals surface area contributed by atoms with Crippen LogP contribution in [0, 0.1) is 0 Å². The fraction of sp³-hybridized carbons (Fsp3) is 0.318. The Morgan fingerprint density at radius 2 is 1.62 bits per heavy atom. The number of thioether (sulfide) groups is 1. The molecular weight excluding hydrogens is 382 g/mol. The number of nitrogens with zero attached hydrogens (tertiary/aromatic N) is 4. The lowest BCUT2D eigenvalue weighted by molar-refractivity contribution is -0.131. The fourth-order valence-electron chi connectivity index (χ4n) is 4.02. The zero-order valence-electron chi connectivity index (χ0n) is 16.1. The van der Waals surface area contributed by atoms with Crippen LogP contribution in [0.1, 0.15) is 30.9 Å². The Morgan fingerprint density at radius 1 is 0.931 bits per heavy atom. The third kappa shape index (κ3) is 3.51. The lowest BCUT2D eigenvalue weighted by Crippen LogP contribution is -2.47. The van der Waals surface area contributed by atoms with Crippen molar-refractivity contribution in [2.24, 2.45) is 0 Å². The predicted molar refractivity (Wildman–Crippen MR) is 114 cm³/mol. The van der Waals surface area contributed by atoms with E-state index < -0.39 is 0 Å². The number of likely N-dealkylation sites (tertiary alicyclic amines) is 1. The molecule has 3 heterocycles. The summed E-state index contributed by atoms with van der Waals surface area (Å²) in [4.78, 5) is 15.4. The van der Waals surface area contributed by atoms with Crippen LogP contribution in [0.2, 0.25) is 0 Å². The number of benzene rings is 2. The van der Waals surface area contributed by atoms with Gasteiger partial charge in [-0.15, -0.1) is 10.2 Å². The van der Waals surface area contributed by atoms with Crippen LogP contribution in [-0.4, -0.2) is 44.0 Å². The minimum Gasteiger partial charge on any atom is -0.342 e. The summed E-state index contributed by atoms with van der Waals surface area (Å²) in [5.41, 5.74) is 5.64. The van der Waals surface area contributed by atoms with Crippen molar-refractivity contribution in [2.45, 2.75) is 35.7 Å². The second kappa shape index (κ2) is 7.91. The summed E-state index contributed by atoms with van der Waals surface area (Å²) in [5, 5.41) is 9.25. The highest BCUT2D eigenvalue weighted by atomic mass is 32.2. The molecule has 2 atom stereocenters. The molecule has 29 heavy (non-hydrogen) atoms. The van der Waals surface area contributed by atoms with E-state index in [1.54, 1.807) is 0 Å². The van der Waals surface area contributed by atoms with Gasteiger partial charge in [-0.1, -0.05) is 72.4 Å². The minimum atomic E-state index is -0.268. The van der Waals surface area contributed by atoms with Gasteiger partial charge in [-0.2, -0.15) is 0 Å². The first-order chi connectivity index (χ1) is 14.3. The van der Waals surface area contributed by atoms with Gasteiger partial charge in [-0.05, 0) is 24.8 Å². The first-order valence-corrected chi connectivity index (χ1v) is 11.0. The molecule has 1 fully saturated rings. The number of aromatic nitrogens is 3. The number of piperidine rings is 1. The van der Waals surface area contributed by atoms with Crippen molar-refractivity contribution in [3.63, 3.8) is 0 Å². The first-order valence-electron chi connectivity index (χ1n) is 10.1. The van der Waals surface area contributed by atoms with E-state index in [1.807, 2.05) is 58.1 Å². The summed E-state index contributed by atoms with van der Waals surface area (Å²) in [6.45, 7) is 1.69. The minimum absolute atomic E-state index is 0.151. The highest BCUT2D eigenvalue weighted by Crippen LogP contribution is 2.39. The molecule has 2 aromatic carbocycles. The Balaban J connectivity index is 1.52. The maximum absolute atomic E-state index is 13.4. The highest BCUT2D eigenvalue weighted by Gasteiger charge is 2.40. The number of fused-ring (bicyclic) bond motifs is 1. The van der Waals surface area contributed by atoms with E-state index in [1.165, 1.54) is 18.2 Å². The number of hydrogen-bond donors (Lipinski definition) is 1. The van der Waals surface area contributed by atoms with E-state index in [4.69, 9.17) is 0 Å². The largest absolute Gasteiger partial charge is 0.342 e. The maximum atomic E-state index is 13.4. The van der Waals surface area contributed by atoms with E-state index in [9.17, 15) is 4.79 Å².